The van der Waals surface area contributed by atoms with Gasteiger partial charge in [0.05, 0.1) is 0 Å². The highest BCUT2D eigenvalue weighted by molar-refractivity contribution is 5.42. The summed E-state index contributed by atoms with van der Waals surface area (Å²) in [6.07, 6.45) is 4.43. The molecule has 90 valence electrons. The van der Waals surface area contributed by atoms with E-state index < -0.39 is 0 Å². The van der Waals surface area contributed by atoms with Crippen LogP contribution >= 0.6 is 0 Å². The number of benzene rings is 2. The van der Waals surface area contributed by atoms with E-state index in [0.717, 1.165) is 25.7 Å². The lowest BCUT2D eigenvalue weighted by Gasteiger charge is -2.21. The summed E-state index contributed by atoms with van der Waals surface area (Å²) in [6, 6.07) is 17.5. The summed E-state index contributed by atoms with van der Waals surface area (Å²) in [5.41, 5.74) is 7.31. The van der Waals surface area contributed by atoms with Crippen molar-refractivity contribution in [1.82, 2.24) is 0 Å². The molecule has 3 rings (SSSR count). The molecule has 18 heavy (non-hydrogen) atoms. The van der Waals surface area contributed by atoms with Crippen molar-refractivity contribution in [1.29, 1.82) is 0 Å². The predicted octanol–water partition coefficient (Wildman–Crippen LogP) is 4.32. The van der Waals surface area contributed by atoms with E-state index in [9.17, 15) is 0 Å². The summed E-state index contributed by atoms with van der Waals surface area (Å²) < 4.78 is 0. The van der Waals surface area contributed by atoms with Crippen LogP contribution in [0.5, 0.6) is 0 Å². The highest BCUT2D eigenvalue weighted by atomic mass is 14.2. The lowest BCUT2D eigenvalue weighted by Crippen LogP contribution is -2.08. The Kier molecular flexibility index (Phi) is 3.02. The Morgan fingerprint density at radius 3 is 2.56 bits per heavy atom. The van der Waals surface area contributed by atoms with E-state index in [2.05, 4.69) is 55.1 Å². The molecule has 0 N–H and O–H groups in total. The number of hydrogen-bond donors (Lipinski definition) is 0. The third-order valence-corrected chi connectivity index (χ3v) is 3.78. The molecule has 0 radical (unpaired) electrons. The van der Waals surface area contributed by atoms with Crippen molar-refractivity contribution in [2.45, 2.75) is 25.7 Å². The van der Waals surface area contributed by atoms with Crippen molar-refractivity contribution in [3.05, 3.63) is 82.9 Å². The average Bonchev–Trinajstić information content (AvgIpc) is 2.40. The second-order valence-corrected chi connectivity index (χ2v) is 5.14. The van der Waals surface area contributed by atoms with Gasteiger partial charge in [0.2, 0.25) is 0 Å². The molecule has 2 aromatic carbocycles. The normalized spacial score (nSPS) is 14.3. The Morgan fingerprint density at radius 1 is 0.889 bits per heavy atom. The minimum absolute atomic E-state index is 1.05. The van der Waals surface area contributed by atoms with Crippen LogP contribution in [0.25, 0.3) is 0 Å². The Bertz CT molecular complexity index is 564. The summed E-state index contributed by atoms with van der Waals surface area (Å²) in [5.74, 6) is 0. The second-order valence-electron chi connectivity index (χ2n) is 5.14. The molecule has 0 fully saturated rings. The lowest BCUT2D eigenvalue weighted by molar-refractivity contribution is 0.827. The van der Waals surface area contributed by atoms with E-state index in [4.69, 9.17) is 0 Å². The molecule has 0 atom stereocenters. The maximum atomic E-state index is 4.13. The molecule has 0 heterocycles. The molecule has 0 aliphatic heterocycles. The van der Waals surface area contributed by atoms with Gasteiger partial charge >= 0.3 is 0 Å². The van der Waals surface area contributed by atoms with Crippen molar-refractivity contribution >= 4 is 0 Å². The Labute approximate surface area is 109 Å². The van der Waals surface area contributed by atoms with Gasteiger partial charge in [-0.3, -0.25) is 0 Å². The van der Waals surface area contributed by atoms with Gasteiger partial charge in [0.1, 0.15) is 0 Å². The van der Waals surface area contributed by atoms with Gasteiger partial charge in [0.15, 0.2) is 0 Å². The molecule has 1 aliphatic carbocycles. The van der Waals surface area contributed by atoms with E-state index in [1.54, 1.807) is 5.56 Å². The molecule has 0 bridgehead atoms. The highest BCUT2D eigenvalue weighted by Gasteiger charge is 2.14. The third kappa shape index (κ3) is 2.24. The van der Waals surface area contributed by atoms with Crippen LogP contribution in [-0.4, -0.2) is 0 Å². The van der Waals surface area contributed by atoms with E-state index in [1.165, 1.54) is 22.3 Å². The van der Waals surface area contributed by atoms with Gasteiger partial charge in [0, 0.05) is 0 Å². The fourth-order valence-electron chi connectivity index (χ4n) is 2.82. The van der Waals surface area contributed by atoms with Gasteiger partial charge in [0.25, 0.3) is 0 Å². The number of allylic oxidation sites excluding steroid dienone is 1. The maximum Gasteiger partial charge on any atom is -0.00229 e. The SMILES string of the molecule is C=C1CCc2c(cccc2Cc2ccccc2)C1. The first-order valence-electron chi connectivity index (χ1n) is 6.63. The third-order valence-electron chi connectivity index (χ3n) is 3.78. The maximum absolute atomic E-state index is 4.13. The van der Waals surface area contributed by atoms with Gasteiger partial charge in [-0.15, -0.1) is 0 Å². The first-order valence-corrected chi connectivity index (χ1v) is 6.63. The number of rotatable bonds is 2. The highest BCUT2D eigenvalue weighted by Crippen LogP contribution is 2.28. The fraction of sp³-hybridized carbons (Fsp3) is 0.222. The van der Waals surface area contributed by atoms with Crippen LogP contribution in [0.1, 0.15) is 28.7 Å². The van der Waals surface area contributed by atoms with E-state index >= 15 is 0 Å². The van der Waals surface area contributed by atoms with Crippen molar-refractivity contribution in [3.8, 4) is 0 Å². The summed E-state index contributed by atoms with van der Waals surface area (Å²) in [7, 11) is 0. The molecule has 0 nitrogen and oxygen atoms in total. The predicted molar refractivity (Wildman–Crippen MR) is 76.9 cm³/mol. The monoisotopic (exact) mass is 234 g/mol. The van der Waals surface area contributed by atoms with E-state index in [-0.39, 0.29) is 0 Å². The molecule has 0 aromatic heterocycles. The fourth-order valence-corrected chi connectivity index (χ4v) is 2.82. The van der Waals surface area contributed by atoms with Gasteiger partial charge in [-0.25, -0.2) is 0 Å². The zero-order chi connectivity index (χ0) is 12.4. The molecular formula is C18H18. The van der Waals surface area contributed by atoms with Crippen LogP contribution in [-0.2, 0) is 19.3 Å². The van der Waals surface area contributed by atoms with Crippen molar-refractivity contribution in [3.63, 3.8) is 0 Å². The first kappa shape index (κ1) is 11.3. The minimum Gasteiger partial charge on any atom is -0.0995 e. The molecular weight excluding hydrogens is 216 g/mol. The van der Waals surface area contributed by atoms with Crippen LogP contribution < -0.4 is 0 Å². The van der Waals surface area contributed by atoms with Gasteiger partial charge in [-0.05, 0) is 47.9 Å². The van der Waals surface area contributed by atoms with Crippen molar-refractivity contribution < 1.29 is 0 Å². The summed E-state index contributed by atoms with van der Waals surface area (Å²) >= 11 is 0. The van der Waals surface area contributed by atoms with Crippen molar-refractivity contribution in [2.75, 3.05) is 0 Å². The molecule has 0 heteroatoms. The largest absolute Gasteiger partial charge is 0.0995 e. The summed E-state index contributed by atoms with van der Waals surface area (Å²) in [6.45, 7) is 4.13. The zero-order valence-corrected chi connectivity index (χ0v) is 10.7. The number of hydrogen-bond acceptors (Lipinski definition) is 0. The topological polar surface area (TPSA) is 0 Å². The summed E-state index contributed by atoms with van der Waals surface area (Å²) in [4.78, 5) is 0. The van der Waals surface area contributed by atoms with E-state index in [0.29, 0.717) is 0 Å². The Balaban J connectivity index is 1.94. The number of fused-ring (bicyclic) bond motifs is 1. The van der Waals surface area contributed by atoms with Crippen LogP contribution in [0.15, 0.2) is 60.7 Å². The van der Waals surface area contributed by atoms with Crippen LogP contribution in [0.4, 0.5) is 0 Å². The van der Waals surface area contributed by atoms with Crippen LogP contribution in [0.2, 0.25) is 0 Å². The second kappa shape index (κ2) is 4.81. The quantitative estimate of drug-likeness (QED) is 0.679. The molecule has 0 saturated heterocycles. The van der Waals surface area contributed by atoms with Gasteiger partial charge in [-0.1, -0.05) is 60.7 Å². The smallest absolute Gasteiger partial charge is 0.00229 e. The standard InChI is InChI=1S/C18H18/c1-14-10-11-18-16(12-14)8-5-9-17(18)13-15-6-3-2-4-7-15/h2-9H,1,10-13H2. The molecule has 0 amide bonds. The molecule has 0 saturated carbocycles. The molecule has 2 aromatic rings. The average molecular weight is 234 g/mol. The van der Waals surface area contributed by atoms with Gasteiger partial charge < -0.3 is 0 Å². The minimum atomic E-state index is 1.05. The van der Waals surface area contributed by atoms with Crippen LogP contribution in [0, 0.1) is 0 Å². The van der Waals surface area contributed by atoms with Gasteiger partial charge in [-0.2, -0.15) is 0 Å². The lowest BCUT2D eigenvalue weighted by atomic mass is 9.84. The molecule has 0 unspecified atom stereocenters. The Morgan fingerprint density at radius 2 is 1.72 bits per heavy atom. The Hall–Kier alpha value is -1.82. The molecule has 0 spiro atoms. The van der Waals surface area contributed by atoms with Crippen LogP contribution in [0.3, 0.4) is 0 Å². The first-order chi connectivity index (χ1) is 8.83. The zero-order valence-electron chi connectivity index (χ0n) is 10.7. The van der Waals surface area contributed by atoms with E-state index in [1.807, 2.05) is 0 Å². The summed E-state index contributed by atoms with van der Waals surface area (Å²) in [5, 5.41) is 0. The van der Waals surface area contributed by atoms with Crippen molar-refractivity contribution in [2.24, 2.45) is 0 Å². The molecule has 1 aliphatic rings.